The number of hydrogen-bond donors (Lipinski definition) is 2. The van der Waals surface area contributed by atoms with E-state index in [1.54, 1.807) is 7.11 Å². The van der Waals surface area contributed by atoms with Crippen LogP contribution in [0.3, 0.4) is 0 Å². The molecule has 0 aliphatic carbocycles. The summed E-state index contributed by atoms with van der Waals surface area (Å²) in [4.78, 5) is 2.28. The fourth-order valence-corrected chi connectivity index (χ4v) is 3.49. The molecule has 4 heteroatoms. The minimum Gasteiger partial charge on any atom is -0.497 e. The maximum Gasteiger partial charge on any atom is 0.119 e. The minimum absolute atomic E-state index is 0.0808. The molecule has 0 spiro atoms. The average molecular weight is 307 g/mol. The van der Waals surface area contributed by atoms with Crippen molar-refractivity contribution in [2.45, 2.75) is 45.8 Å². The number of ether oxygens (including phenoxy) is 1. The number of rotatable bonds is 6. The summed E-state index contributed by atoms with van der Waals surface area (Å²) in [6, 6.07) is 6.13. The molecule has 1 saturated heterocycles. The van der Waals surface area contributed by atoms with Gasteiger partial charge in [0.1, 0.15) is 5.75 Å². The molecule has 124 valence electrons. The zero-order valence-electron chi connectivity index (χ0n) is 14.0. The van der Waals surface area contributed by atoms with E-state index in [9.17, 15) is 10.2 Å². The van der Waals surface area contributed by atoms with Gasteiger partial charge in [-0.3, -0.25) is 4.90 Å². The van der Waals surface area contributed by atoms with Crippen molar-refractivity contribution in [1.29, 1.82) is 0 Å². The van der Waals surface area contributed by atoms with E-state index >= 15 is 0 Å². The summed E-state index contributed by atoms with van der Waals surface area (Å²) in [5.74, 6) is 0.877. The predicted molar refractivity (Wildman–Crippen MR) is 88.1 cm³/mol. The molecular weight excluding hydrogens is 278 g/mol. The largest absolute Gasteiger partial charge is 0.497 e. The number of aliphatic hydroxyl groups is 2. The van der Waals surface area contributed by atoms with Crippen LogP contribution in [0.25, 0.3) is 0 Å². The van der Waals surface area contributed by atoms with E-state index in [-0.39, 0.29) is 12.0 Å². The molecule has 22 heavy (non-hydrogen) atoms. The third-order valence-corrected chi connectivity index (χ3v) is 5.07. The number of likely N-dealkylation sites (tertiary alicyclic amines) is 1. The van der Waals surface area contributed by atoms with Crippen molar-refractivity contribution in [3.63, 3.8) is 0 Å². The molecule has 1 aromatic rings. The number of aliphatic hydroxyl groups excluding tert-OH is 2. The average Bonchev–Trinajstić information content (AvgIpc) is 2.52. The van der Waals surface area contributed by atoms with Crippen LogP contribution in [0.1, 0.15) is 37.3 Å². The lowest BCUT2D eigenvalue weighted by Crippen LogP contribution is -2.52. The van der Waals surface area contributed by atoms with Crippen LogP contribution in [0.15, 0.2) is 18.2 Å². The molecule has 1 aliphatic heterocycles. The summed E-state index contributed by atoms with van der Waals surface area (Å²) < 4.78 is 5.24. The van der Waals surface area contributed by atoms with Crippen LogP contribution in [0, 0.1) is 12.3 Å². The molecular formula is C18H29NO3. The van der Waals surface area contributed by atoms with Crippen LogP contribution in [-0.4, -0.2) is 48.0 Å². The Hall–Kier alpha value is -1.10. The van der Waals surface area contributed by atoms with Crippen LogP contribution >= 0.6 is 0 Å². The number of methoxy groups -OCH3 is 1. The van der Waals surface area contributed by atoms with Crippen molar-refractivity contribution in [2.75, 3.05) is 26.8 Å². The number of aryl methyl sites for hydroxylation is 1. The summed E-state index contributed by atoms with van der Waals surface area (Å²) in [6.07, 6.45) is 2.29. The van der Waals surface area contributed by atoms with Crippen molar-refractivity contribution in [3.05, 3.63) is 29.3 Å². The predicted octanol–water partition coefficient (Wildman–Crippen LogP) is 2.35. The lowest BCUT2D eigenvalue weighted by molar-refractivity contribution is -0.0803. The second-order valence-corrected chi connectivity index (χ2v) is 6.56. The number of benzene rings is 1. The number of β-amino-alcohol motifs (C(OH)–C–C–N with tert-alkyl or cyclic N) is 1. The third kappa shape index (κ3) is 3.62. The normalized spacial score (nSPS) is 26.1. The molecule has 2 rings (SSSR count). The molecule has 2 atom stereocenters. The van der Waals surface area contributed by atoms with Gasteiger partial charge < -0.3 is 14.9 Å². The monoisotopic (exact) mass is 307 g/mol. The topological polar surface area (TPSA) is 52.9 Å². The molecule has 1 aliphatic rings. The molecule has 1 fully saturated rings. The maximum atomic E-state index is 10.5. The molecule has 4 nitrogen and oxygen atoms in total. The van der Waals surface area contributed by atoms with Crippen molar-refractivity contribution < 1.29 is 14.9 Å². The standard InChI is InChI=1S/C18H29NO3/c1-4-7-18(13-20)8-9-19(12-17(18)21)11-15-5-6-16(22-3)10-14(15)2/h5-6,10,17,20-21H,4,7-9,11-13H2,1-3H3/t17-,18+/m0/s1. The Kier molecular flexibility index (Phi) is 5.84. The van der Waals surface area contributed by atoms with Gasteiger partial charge in [-0.25, -0.2) is 0 Å². The first kappa shape index (κ1) is 17.3. The van der Waals surface area contributed by atoms with E-state index in [1.807, 2.05) is 12.1 Å². The number of hydrogen-bond acceptors (Lipinski definition) is 4. The highest BCUT2D eigenvalue weighted by atomic mass is 16.5. The third-order valence-electron chi connectivity index (χ3n) is 5.07. The molecule has 0 saturated carbocycles. The first-order valence-electron chi connectivity index (χ1n) is 8.19. The Labute approximate surface area is 133 Å². The fourth-order valence-electron chi connectivity index (χ4n) is 3.49. The van der Waals surface area contributed by atoms with Gasteiger partial charge in [0.25, 0.3) is 0 Å². The maximum absolute atomic E-state index is 10.5. The SMILES string of the molecule is CCC[C@]1(CO)CCN(Cc2ccc(OC)cc2C)C[C@@H]1O. The van der Waals surface area contributed by atoms with Gasteiger partial charge in [-0.15, -0.1) is 0 Å². The first-order chi connectivity index (χ1) is 10.5. The molecule has 0 aromatic heterocycles. The molecule has 1 aromatic carbocycles. The van der Waals surface area contributed by atoms with Gasteiger partial charge in [-0.05, 0) is 49.6 Å². The first-order valence-corrected chi connectivity index (χ1v) is 8.19. The van der Waals surface area contributed by atoms with E-state index in [2.05, 4.69) is 24.8 Å². The fraction of sp³-hybridized carbons (Fsp3) is 0.667. The van der Waals surface area contributed by atoms with Crippen LogP contribution in [0.5, 0.6) is 5.75 Å². The van der Waals surface area contributed by atoms with Crippen molar-refractivity contribution in [3.8, 4) is 5.75 Å². The van der Waals surface area contributed by atoms with E-state index in [1.165, 1.54) is 11.1 Å². The molecule has 0 bridgehead atoms. The molecule has 0 radical (unpaired) electrons. The summed E-state index contributed by atoms with van der Waals surface area (Å²) in [5, 5.41) is 20.3. The lowest BCUT2D eigenvalue weighted by Gasteiger charge is -2.44. The zero-order chi connectivity index (χ0) is 16.2. The highest BCUT2D eigenvalue weighted by Gasteiger charge is 2.40. The summed E-state index contributed by atoms with van der Waals surface area (Å²) >= 11 is 0. The van der Waals surface area contributed by atoms with E-state index in [0.29, 0.717) is 6.54 Å². The van der Waals surface area contributed by atoms with Gasteiger partial charge in [-0.2, -0.15) is 0 Å². The van der Waals surface area contributed by atoms with Crippen LogP contribution in [0.2, 0.25) is 0 Å². The molecule has 0 unspecified atom stereocenters. The Balaban J connectivity index is 2.02. The Morgan fingerprint density at radius 1 is 1.41 bits per heavy atom. The quantitative estimate of drug-likeness (QED) is 0.847. The Morgan fingerprint density at radius 2 is 2.18 bits per heavy atom. The van der Waals surface area contributed by atoms with E-state index in [4.69, 9.17) is 4.74 Å². The number of nitrogens with zero attached hydrogens (tertiary/aromatic N) is 1. The zero-order valence-corrected chi connectivity index (χ0v) is 14.0. The van der Waals surface area contributed by atoms with Crippen molar-refractivity contribution >= 4 is 0 Å². The van der Waals surface area contributed by atoms with Gasteiger partial charge in [0, 0.05) is 18.5 Å². The minimum atomic E-state index is -0.454. The van der Waals surface area contributed by atoms with Crippen molar-refractivity contribution in [2.24, 2.45) is 5.41 Å². The smallest absolute Gasteiger partial charge is 0.119 e. The highest BCUT2D eigenvalue weighted by Crippen LogP contribution is 2.36. The summed E-state index contributed by atoms with van der Waals surface area (Å²) in [7, 11) is 1.68. The van der Waals surface area contributed by atoms with E-state index in [0.717, 1.165) is 38.1 Å². The summed E-state index contributed by atoms with van der Waals surface area (Å²) in [5.41, 5.74) is 2.17. The van der Waals surface area contributed by atoms with Gasteiger partial charge >= 0.3 is 0 Å². The Bertz CT molecular complexity index is 491. The molecule has 2 N–H and O–H groups in total. The van der Waals surface area contributed by atoms with Gasteiger partial charge in [-0.1, -0.05) is 19.4 Å². The van der Waals surface area contributed by atoms with Crippen molar-refractivity contribution in [1.82, 2.24) is 4.90 Å². The van der Waals surface area contributed by atoms with E-state index < -0.39 is 6.10 Å². The van der Waals surface area contributed by atoms with Crippen LogP contribution in [0.4, 0.5) is 0 Å². The van der Waals surface area contributed by atoms with Gasteiger partial charge in [0.2, 0.25) is 0 Å². The molecule has 1 heterocycles. The highest BCUT2D eigenvalue weighted by molar-refractivity contribution is 5.34. The molecule has 0 amide bonds. The van der Waals surface area contributed by atoms with Gasteiger partial charge in [0.15, 0.2) is 0 Å². The second kappa shape index (κ2) is 7.44. The number of piperidine rings is 1. The van der Waals surface area contributed by atoms with Crippen LogP contribution < -0.4 is 4.74 Å². The Morgan fingerprint density at radius 3 is 2.73 bits per heavy atom. The summed E-state index contributed by atoms with van der Waals surface area (Å²) in [6.45, 7) is 6.66. The lowest BCUT2D eigenvalue weighted by atomic mass is 9.73. The second-order valence-electron chi connectivity index (χ2n) is 6.56. The van der Waals surface area contributed by atoms with Gasteiger partial charge in [0.05, 0.1) is 19.8 Å². The van der Waals surface area contributed by atoms with Crippen LogP contribution in [-0.2, 0) is 6.54 Å².